The second kappa shape index (κ2) is 10.4. The fourth-order valence-electron chi connectivity index (χ4n) is 3.78. The molecule has 1 unspecified atom stereocenters. The summed E-state index contributed by atoms with van der Waals surface area (Å²) in [4.78, 5) is 16.8. The number of carbonyl (C=O) groups is 1. The fraction of sp³-hybridized carbons (Fsp3) is 0.682. The first-order valence-electron chi connectivity index (χ1n) is 10.5. The molecule has 0 spiro atoms. The normalized spacial score (nSPS) is 16.8. The van der Waals surface area contributed by atoms with Gasteiger partial charge in [-0.15, -0.1) is 0 Å². The standard InChI is InChI=1S/C22H36N2O3S/c1-18(2)24(16-8-7-15-23-14-6-5-9-22(23)25)17-19(3)20-10-12-21(13-11-20)28(4,26)27/h10-13,18-19H,5-9,14-17H2,1-4H3. The molecule has 0 radical (unpaired) electrons. The van der Waals surface area contributed by atoms with Gasteiger partial charge in [-0.2, -0.15) is 0 Å². The third-order valence-electron chi connectivity index (χ3n) is 5.66. The zero-order chi connectivity index (χ0) is 20.7. The number of piperidine rings is 1. The Bertz CT molecular complexity index is 729. The number of sulfone groups is 1. The number of hydrogen-bond donors (Lipinski definition) is 0. The Balaban J connectivity index is 1.83. The largest absolute Gasteiger partial charge is 0.343 e. The van der Waals surface area contributed by atoms with Crippen molar-refractivity contribution in [3.8, 4) is 0 Å². The van der Waals surface area contributed by atoms with Crippen LogP contribution in [-0.4, -0.2) is 62.6 Å². The van der Waals surface area contributed by atoms with E-state index in [1.165, 1.54) is 6.26 Å². The first kappa shape index (κ1) is 22.9. The van der Waals surface area contributed by atoms with E-state index in [-0.39, 0.29) is 0 Å². The van der Waals surface area contributed by atoms with Crippen molar-refractivity contribution in [1.82, 2.24) is 9.80 Å². The highest BCUT2D eigenvalue weighted by Gasteiger charge is 2.18. The number of carbonyl (C=O) groups excluding carboxylic acids is 1. The number of hydrogen-bond acceptors (Lipinski definition) is 4. The lowest BCUT2D eigenvalue weighted by Crippen LogP contribution is -2.37. The molecule has 1 fully saturated rings. The highest BCUT2D eigenvalue weighted by molar-refractivity contribution is 7.90. The Morgan fingerprint density at radius 3 is 2.32 bits per heavy atom. The van der Waals surface area contributed by atoms with Gasteiger partial charge in [-0.3, -0.25) is 4.79 Å². The monoisotopic (exact) mass is 408 g/mol. The first-order valence-corrected chi connectivity index (χ1v) is 12.4. The van der Waals surface area contributed by atoms with Crippen LogP contribution in [0.25, 0.3) is 0 Å². The lowest BCUT2D eigenvalue weighted by Gasteiger charge is -2.30. The molecule has 0 aromatic heterocycles. The van der Waals surface area contributed by atoms with Gasteiger partial charge in [0.25, 0.3) is 0 Å². The van der Waals surface area contributed by atoms with Gasteiger partial charge < -0.3 is 9.80 Å². The van der Waals surface area contributed by atoms with Crippen LogP contribution < -0.4 is 0 Å². The Morgan fingerprint density at radius 1 is 1.07 bits per heavy atom. The van der Waals surface area contributed by atoms with Gasteiger partial charge >= 0.3 is 0 Å². The van der Waals surface area contributed by atoms with E-state index in [1.807, 2.05) is 17.0 Å². The summed E-state index contributed by atoms with van der Waals surface area (Å²) >= 11 is 0. The molecular formula is C22H36N2O3S. The minimum Gasteiger partial charge on any atom is -0.343 e. The molecule has 1 heterocycles. The molecule has 0 bridgehead atoms. The van der Waals surface area contributed by atoms with Gasteiger partial charge in [0.15, 0.2) is 9.84 Å². The van der Waals surface area contributed by atoms with Crippen LogP contribution in [0.3, 0.4) is 0 Å². The Kier molecular flexibility index (Phi) is 8.50. The number of likely N-dealkylation sites (tertiary alicyclic amines) is 1. The molecule has 5 nitrogen and oxygen atoms in total. The van der Waals surface area contributed by atoms with Gasteiger partial charge in [0, 0.05) is 38.4 Å². The minimum absolute atomic E-state index is 0.318. The van der Waals surface area contributed by atoms with Gasteiger partial charge in [-0.05, 0) is 69.7 Å². The van der Waals surface area contributed by atoms with Crippen molar-refractivity contribution in [2.24, 2.45) is 0 Å². The average Bonchev–Trinajstić information content (AvgIpc) is 2.64. The number of rotatable bonds is 10. The zero-order valence-electron chi connectivity index (χ0n) is 17.9. The third kappa shape index (κ3) is 6.89. The summed E-state index contributed by atoms with van der Waals surface area (Å²) in [5.74, 6) is 0.651. The van der Waals surface area contributed by atoms with Crippen molar-refractivity contribution in [3.63, 3.8) is 0 Å². The van der Waals surface area contributed by atoms with Crippen LogP contribution in [0.2, 0.25) is 0 Å². The van der Waals surface area contributed by atoms with E-state index in [0.717, 1.165) is 57.4 Å². The molecule has 28 heavy (non-hydrogen) atoms. The van der Waals surface area contributed by atoms with Crippen LogP contribution in [-0.2, 0) is 14.6 Å². The Morgan fingerprint density at radius 2 is 1.75 bits per heavy atom. The molecule has 0 N–H and O–H groups in total. The molecule has 1 aliphatic heterocycles. The molecule has 1 saturated heterocycles. The maximum absolute atomic E-state index is 11.9. The maximum atomic E-state index is 11.9. The molecule has 2 rings (SSSR count). The molecule has 1 amide bonds. The van der Waals surface area contributed by atoms with E-state index in [4.69, 9.17) is 0 Å². The van der Waals surface area contributed by atoms with Crippen molar-refractivity contribution >= 4 is 15.7 Å². The van der Waals surface area contributed by atoms with Gasteiger partial charge in [0.1, 0.15) is 0 Å². The molecule has 0 saturated carbocycles. The summed E-state index contributed by atoms with van der Waals surface area (Å²) in [7, 11) is -3.15. The van der Waals surface area contributed by atoms with Crippen LogP contribution in [0, 0.1) is 0 Å². The van der Waals surface area contributed by atoms with E-state index in [1.54, 1.807) is 12.1 Å². The van der Waals surface area contributed by atoms with E-state index in [0.29, 0.717) is 29.2 Å². The first-order chi connectivity index (χ1) is 13.2. The fourth-order valence-corrected chi connectivity index (χ4v) is 4.41. The number of amides is 1. The number of unbranched alkanes of at least 4 members (excludes halogenated alkanes) is 1. The topological polar surface area (TPSA) is 57.7 Å². The van der Waals surface area contributed by atoms with Gasteiger partial charge in [-0.25, -0.2) is 8.42 Å². The molecule has 6 heteroatoms. The smallest absolute Gasteiger partial charge is 0.222 e. The molecule has 0 aliphatic carbocycles. The van der Waals surface area contributed by atoms with E-state index >= 15 is 0 Å². The van der Waals surface area contributed by atoms with Crippen LogP contribution in [0.4, 0.5) is 0 Å². The molecule has 1 atom stereocenters. The van der Waals surface area contributed by atoms with Crippen molar-refractivity contribution < 1.29 is 13.2 Å². The second-order valence-electron chi connectivity index (χ2n) is 8.38. The maximum Gasteiger partial charge on any atom is 0.222 e. The average molecular weight is 409 g/mol. The second-order valence-corrected chi connectivity index (χ2v) is 10.4. The Labute approximate surface area is 171 Å². The highest BCUT2D eigenvalue weighted by atomic mass is 32.2. The Hall–Kier alpha value is -1.40. The van der Waals surface area contributed by atoms with Crippen molar-refractivity contribution in [2.45, 2.75) is 69.7 Å². The van der Waals surface area contributed by atoms with Gasteiger partial charge in [-0.1, -0.05) is 19.1 Å². The van der Waals surface area contributed by atoms with Crippen molar-refractivity contribution in [1.29, 1.82) is 0 Å². The molecule has 158 valence electrons. The van der Waals surface area contributed by atoms with Gasteiger partial charge in [0.2, 0.25) is 5.91 Å². The predicted octanol–water partition coefficient (Wildman–Crippen LogP) is 3.70. The van der Waals surface area contributed by atoms with E-state index in [2.05, 4.69) is 25.7 Å². The summed E-state index contributed by atoms with van der Waals surface area (Å²) in [5, 5.41) is 0. The number of benzene rings is 1. The number of nitrogens with zero attached hydrogens (tertiary/aromatic N) is 2. The van der Waals surface area contributed by atoms with Crippen molar-refractivity contribution in [2.75, 3.05) is 32.4 Å². The lowest BCUT2D eigenvalue weighted by molar-refractivity contribution is -0.133. The van der Waals surface area contributed by atoms with Crippen molar-refractivity contribution in [3.05, 3.63) is 29.8 Å². The van der Waals surface area contributed by atoms with Crippen LogP contribution in [0.5, 0.6) is 0 Å². The van der Waals surface area contributed by atoms with Gasteiger partial charge in [0.05, 0.1) is 4.90 Å². The molecule has 1 aromatic rings. The predicted molar refractivity (Wildman–Crippen MR) is 114 cm³/mol. The van der Waals surface area contributed by atoms with Crippen LogP contribution >= 0.6 is 0 Å². The summed E-state index contributed by atoms with van der Waals surface area (Å²) < 4.78 is 23.3. The quantitative estimate of drug-likeness (QED) is 0.554. The lowest BCUT2D eigenvalue weighted by atomic mass is 10.00. The van der Waals surface area contributed by atoms with E-state index < -0.39 is 9.84 Å². The third-order valence-corrected chi connectivity index (χ3v) is 6.79. The molecule has 1 aromatic carbocycles. The van der Waals surface area contributed by atoms with E-state index in [9.17, 15) is 13.2 Å². The van der Waals surface area contributed by atoms with Crippen LogP contribution in [0.1, 0.15) is 64.4 Å². The summed E-state index contributed by atoms with van der Waals surface area (Å²) in [6.45, 7) is 10.4. The molecular weight excluding hydrogens is 372 g/mol. The SMILES string of the molecule is CC(CN(CCCCN1CCCCC1=O)C(C)C)c1ccc(S(C)(=O)=O)cc1. The summed E-state index contributed by atoms with van der Waals surface area (Å²) in [6, 6.07) is 7.73. The summed E-state index contributed by atoms with van der Waals surface area (Å²) in [5.41, 5.74) is 1.16. The highest BCUT2D eigenvalue weighted by Crippen LogP contribution is 2.20. The summed E-state index contributed by atoms with van der Waals surface area (Å²) in [6.07, 6.45) is 6.27. The minimum atomic E-state index is -3.15. The zero-order valence-corrected chi connectivity index (χ0v) is 18.7. The van der Waals surface area contributed by atoms with Crippen LogP contribution in [0.15, 0.2) is 29.2 Å². The molecule has 1 aliphatic rings.